The number of carbonyl (C=O) groups excluding carboxylic acids is 1. The molecule has 1 amide bonds. The van der Waals surface area contributed by atoms with E-state index in [9.17, 15) is 4.79 Å². The van der Waals surface area contributed by atoms with Crippen LogP contribution in [0, 0.1) is 5.92 Å². The van der Waals surface area contributed by atoms with Gasteiger partial charge in [-0.1, -0.05) is 18.6 Å². The van der Waals surface area contributed by atoms with Gasteiger partial charge in [-0.2, -0.15) is 0 Å². The number of piperidine rings is 2. The van der Waals surface area contributed by atoms with Crippen LogP contribution in [-0.4, -0.2) is 59.0 Å². The first kappa shape index (κ1) is 20.3. The summed E-state index contributed by atoms with van der Waals surface area (Å²) in [6.07, 6.45) is 7.77. The van der Waals surface area contributed by atoms with Crippen molar-refractivity contribution in [1.82, 2.24) is 19.6 Å². The summed E-state index contributed by atoms with van der Waals surface area (Å²) in [7, 11) is 0. The van der Waals surface area contributed by atoms with Crippen molar-refractivity contribution >= 4 is 28.3 Å². The van der Waals surface area contributed by atoms with Crippen LogP contribution in [0.15, 0.2) is 42.6 Å². The monoisotopic (exact) mass is 419 g/mol. The first-order valence-corrected chi connectivity index (χ1v) is 11.8. The lowest BCUT2D eigenvalue weighted by Gasteiger charge is -2.34. The molecule has 4 heterocycles. The molecular weight excluding hydrogens is 386 g/mol. The van der Waals surface area contributed by atoms with Crippen LogP contribution < -0.4 is 10.2 Å². The molecule has 0 aliphatic carbocycles. The van der Waals surface area contributed by atoms with Crippen LogP contribution in [0.3, 0.4) is 0 Å². The highest BCUT2D eigenvalue weighted by atomic mass is 16.1. The molecule has 2 aromatic heterocycles. The van der Waals surface area contributed by atoms with Gasteiger partial charge in [0.2, 0.25) is 5.91 Å². The zero-order chi connectivity index (χ0) is 21.2. The Morgan fingerprint density at radius 1 is 1.03 bits per heavy atom. The average Bonchev–Trinajstić information content (AvgIpc) is 3.30. The van der Waals surface area contributed by atoms with Crippen LogP contribution in [0.4, 0.5) is 5.82 Å². The van der Waals surface area contributed by atoms with Crippen LogP contribution in [0.5, 0.6) is 0 Å². The number of rotatable bonds is 5. The normalized spacial score (nSPS) is 21.1. The number of fused-ring (bicyclic) bond motifs is 3. The largest absolute Gasteiger partial charge is 0.355 e. The number of para-hydroxylation sites is 2. The molecule has 6 heteroatoms. The summed E-state index contributed by atoms with van der Waals surface area (Å²) in [4.78, 5) is 22.6. The summed E-state index contributed by atoms with van der Waals surface area (Å²) >= 11 is 0. The number of likely N-dealkylation sites (tertiary alicyclic amines) is 1. The van der Waals surface area contributed by atoms with Crippen molar-refractivity contribution in [3.05, 3.63) is 42.6 Å². The maximum absolute atomic E-state index is 12.7. The molecule has 0 saturated carbocycles. The number of aromatic nitrogens is 2. The Hall–Kier alpha value is -2.60. The van der Waals surface area contributed by atoms with Crippen LogP contribution >= 0.6 is 0 Å². The quantitative estimate of drug-likeness (QED) is 0.685. The predicted octanol–water partition coefficient (Wildman–Crippen LogP) is 3.69. The molecule has 31 heavy (non-hydrogen) atoms. The fraction of sp³-hybridized carbons (Fsp3) is 0.520. The topological polar surface area (TPSA) is 52.9 Å². The third kappa shape index (κ3) is 4.13. The number of benzene rings is 1. The van der Waals surface area contributed by atoms with Gasteiger partial charge in [0.25, 0.3) is 0 Å². The van der Waals surface area contributed by atoms with Crippen molar-refractivity contribution in [2.24, 2.45) is 5.92 Å². The van der Waals surface area contributed by atoms with Gasteiger partial charge in [0.15, 0.2) is 5.82 Å². The van der Waals surface area contributed by atoms with E-state index in [0.717, 1.165) is 61.4 Å². The highest BCUT2D eigenvalue weighted by molar-refractivity contribution is 5.85. The van der Waals surface area contributed by atoms with Gasteiger partial charge in [-0.05, 0) is 63.4 Å². The number of hydrogen-bond donors (Lipinski definition) is 1. The number of anilines is 1. The Bertz CT molecular complexity index is 1050. The third-order valence-corrected chi connectivity index (χ3v) is 7.15. The zero-order valence-electron chi connectivity index (χ0n) is 18.5. The molecule has 1 aromatic carbocycles. The summed E-state index contributed by atoms with van der Waals surface area (Å²) < 4.78 is 2.22. The fourth-order valence-electron chi connectivity index (χ4n) is 5.25. The molecular formula is C25H33N5O. The molecule has 2 saturated heterocycles. The van der Waals surface area contributed by atoms with Gasteiger partial charge in [0.05, 0.1) is 16.6 Å². The summed E-state index contributed by atoms with van der Waals surface area (Å²) in [5.74, 6) is 1.36. The molecule has 5 rings (SSSR count). The molecule has 2 aliphatic heterocycles. The molecule has 6 nitrogen and oxygen atoms in total. The molecule has 3 aromatic rings. The van der Waals surface area contributed by atoms with Gasteiger partial charge >= 0.3 is 0 Å². The van der Waals surface area contributed by atoms with Gasteiger partial charge in [0, 0.05) is 44.3 Å². The Labute approximate surface area is 184 Å². The standard InChI is InChI=1S/C25H33N5O/c1-19-7-4-5-14-28(19)18-13-26-25(31)20-11-16-29(17-12-20)24-23-10-6-15-30(23)22-9-3-2-8-21(22)27-24/h2-3,6,8-10,15,19-20H,4-5,7,11-14,16-18H2,1H3,(H,26,31)/t19-/m1/s1. The van der Waals surface area contributed by atoms with E-state index in [1.165, 1.54) is 25.8 Å². The number of nitrogens with zero attached hydrogens (tertiary/aromatic N) is 4. The molecule has 0 bridgehead atoms. The molecule has 0 unspecified atom stereocenters. The molecule has 2 aliphatic rings. The lowest BCUT2D eigenvalue weighted by Crippen LogP contribution is -2.45. The number of carbonyl (C=O) groups is 1. The smallest absolute Gasteiger partial charge is 0.223 e. The molecule has 1 atom stereocenters. The van der Waals surface area contributed by atoms with Crippen molar-refractivity contribution in [1.29, 1.82) is 0 Å². The maximum atomic E-state index is 12.7. The molecule has 164 valence electrons. The molecule has 1 N–H and O–H groups in total. The van der Waals surface area contributed by atoms with Crippen LogP contribution in [-0.2, 0) is 4.79 Å². The van der Waals surface area contributed by atoms with Crippen molar-refractivity contribution in [3.8, 4) is 0 Å². The predicted molar refractivity (Wildman–Crippen MR) is 126 cm³/mol. The highest BCUT2D eigenvalue weighted by Gasteiger charge is 2.27. The minimum Gasteiger partial charge on any atom is -0.355 e. The maximum Gasteiger partial charge on any atom is 0.223 e. The zero-order valence-corrected chi connectivity index (χ0v) is 18.5. The second kappa shape index (κ2) is 8.87. The van der Waals surface area contributed by atoms with Gasteiger partial charge in [-0.3, -0.25) is 9.69 Å². The first-order chi connectivity index (χ1) is 15.2. The van der Waals surface area contributed by atoms with Crippen molar-refractivity contribution in [2.75, 3.05) is 37.6 Å². The van der Waals surface area contributed by atoms with E-state index in [-0.39, 0.29) is 11.8 Å². The molecule has 2 fully saturated rings. The van der Waals surface area contributed by atoms with Gasteiger partial charge in [-0.25, -0.2) is 4.98 Å². The lowest BCUT2D eigenvalue weighted by molar-refractivity contribution is -0.125. The average molecular weight is 420 g/mol. The SMILES string of the molecule is C[C@@H]1CCCCN1CCNC(=O)C1CCN(c2nc3ccccc3n3cccc23)CC1. The molecule has 0 radical (unpaired) electrons. The summed E-state index contributed by atoms with van der Waals surface area (Å²) in [5, 5.41) is 3.21. The van der Waals surface area contributed by atoms with E-state index in [1.54, 1.807) is 0 Å². The summed E-state index contributed by atoms with van der Waals surface area (Å²) in [6, 6.07) is 13.1. The first-order valence-electron chi connectivity index (χ1n) is 11.8. The van der Waals surface area contributed by atoms with E-state index < -0.39 is 0 Å². The van der Waals surface area contributed by atoms with E-state index in [1.807, 2.05) is 6.07 Å². The second-order valence-electron chi connectivity index (χ2n) is 9.12. The van der Waals surface area contributed by atoms with Crippen LogP contribution in [0.2, 0.25) is 0 Å². The molecule has 0 spiro atoms. The van der Waals surface area contributed by atoms with Crippen LogP contribution in [0.1, 0.15) is 39.0 Å². The minimum atomic E-state index is 0.110. The lowest BCUT2D eigenvalue weighted by atomic mass is 9.96. The second-order valence-corrected chi connectivity index (χ2v) is 9.12. The summed E-state index contributed by atoms with van der Waals surface area (Å²) in [6.45, 7) is 6.95. The Balaban J connectivity index is 1.19. The highest BCUT2D eigenvalue weighted by Crippen LogP contribution is 2.29. The number of nitrogens with one attached hydrogen (secondary N) is 1. The van der Waals surface area contributed by atoms with E-state index in [2.05, 4.69) is 63.0 Å². The van der Waals surface area contributed by atoms with Gasteiger partial charge in [0.1, 0.15) is 0 Å². The minimum absolute atomic E-state index is 0.110. The Kier molecular flexibility index (Phi) is 5.81. The third-order valence-electron chi connectivity index (χ3n) is 7.15. The van der Waals surface area contributed by atoms with Crippen LogP contribution in [0.25, 0.3) is 16.6 Å². The van der Waals surface area contributed by atoms with Crippen molar-refractivity contribution in [2.45, 2.75) is 45.1 Å². The van der Waals surface area contributed by atoms with E-state index in [4.69, 9.17) is 4.98 Å². The van der Waals surface area contributed by atoms with E-state index in [0.29, 0.717) is 6.04 Å². The number of amides is 1. The Morgan fingerprint density at radius 3 is 2.68 bits per heavy atom. The van der Waals surface area contributed by atoms with Crippen molar-refractivity contribution < 1.29 is 4.79 Å². The van der Waals surface area contributed by atoms with E-state index >= 15 is 0 Å². The summed E-state index contributed by atoms with van der Waals surface area (Å²) in [5.41, 5.74) is 3.27. The van der Waals surface area contributed by atoms with Crippen molar-refractivity contribution in [3.63, 3.8) is 0 Å². The van der Waals surface area contributed by atoms with Gasteiger partial charge in [-0.15, -0.1) is 0 Å². The fourth-order valence-corrected chi connectivity index (χ4v) is 5.25. The number of hydrogen-bond acceptors (Lipinski definition) is 4. The van der Waals surface area contributed by atoms with Gasteiger partial charge < -0.3 is 14.6 Å². The Morgan fingerprint density at radius 2 is 1.84 bits per heavy atom.